The van der Waals surface area contributed by atoms with Gasteiger partial charge in [0.2, 0.25) is 0 Å². The molecule has 0 aromatic carbocycles. The van der Waals surface area contributed by atoms with E-state index in [2.05, 4.69) is 32.9 Å². The maximum Gasteiger partial charge on any atom is 0.306 e. The van der Waals surface area contributed by atoms with E-state index in [1.54, 1.807) is 0 Å². The number of unbranched alkanes of at least 4 members (excludes halogenated alkanes) is 51. The quantitative estimate of drug-likeness (QED) is 0.0261. The molecule has 0 aliphatic heterocycles. The maximum atomic E-state index is 12.9. The lowest BCUT2D eigenvalue weighted by molar-refractivity contribution is -0.167. The first-order chi connectivity index (χ1) is 37.0. The van der Waals surface area contributed by atoms with Crippen molar-refractivity contribution in [3.63, 3.8) is 0 Å². The van der Waals surface area contributed by atoms with Gasteiger partial charge in [0, 0.05) is 19.3 Å². The van der Waals surface area contributed by atoms with Crippen LogP contribution in [0, 0.1) is 0 Å². The summed E-state index contributed by atoms with van der Waals surface area (Å²) < 4.78 is 16.9. The fourth-order valence-corrected chi connectivity index (χ4v) is 10.6. The van der Waals surface area contributed by atoms with E-state index in [1.807, 2.05) is 0 Å². The maximum absolute atomic E-state index is 12.9. The van der Waals surface area contributed by atoms with Crippen LogP contribution in [0.4, 0.5) is 0 Å². The number of carbonyl (C=O) groups is 3. The largest absolute Gasteiger partial charge is 0.462 e. The van der Waals surface area contributed by atoms with Crippen molar-refractivity contribution >= 4 is 17.9 Å². The Bertz CT molecular complexity index is 1170. The molecule has 1 unspecified atom stereocenters. The lowest BCUT2D eigenvalue weighted by atomic mass is 10.0. The minimum absolute atomic E-state index is 0.0651. The highest BCUT2D eigenvalue weighted by Crippen LogP contribution is 2.19. The molecule has 0 rings (SSSR count). The molecule has 75 heavy (non-hydrogen) atoms. The van der Waals surface area contributed by atoms with Crippen LogP contribution in [0.3, 0.4) is 0 Å². The van der Waals surface area contributed by atoms with Crippen LogP contribution >= 0.6 is 0 Å². The molecule has 6 nitrogen and oxygen atoms in total. The molecule has 0 saturated carbocycles. The molecule has 0 bridgehead atoms. The molecule has 0 radical (unpaired) electrons. The second-order valence-electron chi connectivity index (χ2n) is 23.5. The van der Waals surface area contributed by atoms with Crippen LogP contribution < -0.4 is 0 Å². The van der Waals surface area contributed by atoms with Gasteiger partial charge in [0.05, 0.1) is 0 Å². The Balaban J connectivity index is 3.97. The van der Waals surface area contributed by atoms with E-state index in [9.17, 15) is 14.4 Å². The molecule has 0 aliphatic carbocycles. The molecule has 1 atom stereocenters. The van der Waals surface area contributed by atoms with Gasteiger partial charge in [0.15, 0.2) is 6.10 Å². The van der Waals surface area contributed by atoms with Crippen molar-refractivity contribution in [1.82, 2.24) is 0 Å². The third kappa shape index (κ3) is 62.9. The van der Waals surface area contributed by atoms with E-state index in [0.29, 0.717) is 19.3 Å². The van der Waals surface area contributed by atoms with Gasteiger partial charge in [-0.25, -0.2) is 0 Å². The summed E-state index contributed by atoms with van der Waals surface area (Å²) in [6, 6.07) is 0. The van der Waals surface area contributed by atoms with Crippen LogP contribution in [-0.2, 0) is 28.6 Å². The predicted molar refractivity (Wildman–Crippen MR) is 326 cm³/mol. The second-order valence-corrected chi connectivity index (χ2v) is 23.5. The van der Waals surface area contributed by atoms with Crippen molar-refractivity contribution in [2.75, 3.05) is 13.2 Å². The number of ether oxygens (including phenoxy) is 3. The molecule has 0 saturated heterocycles. The second kappa shape index (κ2) is 64.7. The number of esters is 3. The number of hydrogen-bond acceptors (Lipinski definition) is 6. The van der Waals surface area contributed by atoms with E-state index in [1.165, 1.54) is 295 Å². The molecule has 6 heteroatoms. The summed E-state index contributed by atoms with van der Waals surface area (Å²) in [7, 11) is 0. The van der Waals surface area contributed by atoms with E-state index in [4.69, 9.17) is 14.2 Å². The Morgan fingerprint density at radius 1 is 0.253 bits per heavy atom. The lowest BCUT2D eigenvalue weighted by Crippen LogP contribution is -2.30. The van der Waals surface area contributed by atoms with Crippen molar-refractivity contribution in [2.45, 2.75) is 399 Å². The first-order valence-electron chi connectivity index (χ1n) is 34.2. The minimum Gasteiger partial charge on any atom is -0.462 e. The van der Waals surface area contributed by atoms with Crippen molar-refractivity contribution in [1.29, 1.82) is 0 Å². The molecular formula is C69H132O6. The van der Waals surface area contributed by atoms with Crippen molar-refractivity contribution < 1.29 is 28.6 Å². The fraction of sp³-hybridized carbons (Fsp3) is 0.928. The Morgan fingerprint density at radius 3 is 0.667 bits per heavy atom. The van der Waals surface area contributed by atoms with E-state index >= 15 is 0 Å². The SMILES string of the molecule is CCCCCCCC/C=C\CCCCCCCCCCCC(=O)OC(COC(=O)CCCCCCCCC)COC(=O)CCCCCCCCCCCCCCCCCCCCCCCCCCCCCCCCC. The standard InChI is InChI=1S/C69H132O6/c1-4-7-10-13-16-18-20-22-24-26-28-29-30-31-32-33-34-35-36-37-38-39-41-42-44-46-48-50-53-56-59-62-68(71)74-65-66(64-73-67(70)61-58-55-52-15-12-9-6-3)75-69(72)63-60-57-54-51-49-47-45-43-40-27-25-23-21-19-17-14-11-8-5-2/h23,25,66H,4-22,24,26-65H2,1-3H3/b25-23-. The molecule has 0 heterocycles. The van der Waals surface area contributed by atoms with Gasteiger partial charge >= 0.3 is 17.9 Å². The first-order valence-corrected chi connectivity index (χ1v) is 34.2. The van der Waals surface area contributed by atoms with Gasteiger partial charge in [-0.3, -0.25) is 14.4 Å². The predicted octanol–water partition coefficient (Wildman–Crippen LogP) is 23.2. The van der Waals surface area contributed by atoms with Crippen molar-refractivity contribution in [3.8, 4) is 0 Å². The molecule has 0 N–H and O–H groups in total. The molecule has 0 amide bonds. The lowest BCUT2D eigenvalue weighted by Gasteiger charge is -2.18. The zero-order valence-electron chi connectivity index (χ0n) is 51.1. The smallest absolute Gasteiger partial charge is 0.306 e. The highest BCUT2D eigenvalue weighted by molar-refractivity contribution is 5.71. The summed E-state index contributed by atoms with van der Waals surface area (Å²) in [4.78, 5) is 38.1. The third-order valence-electron chi connectivity index (χ3n) is 15.8. The molecule has 0 fully saturated rings. The number of rotatable bonds is 64. The highest BCUT2D eigenvalue weighted by atomic mass is 16.6. The van der Waals surface area contributed by atoms with Crippen molar-refractivity contribution in [2.24, 2.45) is 0 Å². The van der Waals surface area contributed by atoms with Crippen LogP contribution in [-0.4, -0.2) is 37.2 Å². The highest BCUT2D eigenvalue weighted by Gasteiger charge is 2.19. The van der Waals surface area contributed by atoms with Crippen LogP contribution in [0.5, 0.6) is 0 Å². The minimum atomic E-state index is -0.765. The third-order valence-corrected chi connectivity index (χ3v) is 15.8. The summed E-state index contributed by atoms with van der Waals surface area (Å²) in [6.07, 6.45) is 77.1. The van der Waals surface area contributed by atoms with Gasteiger partial charge in [-0.2, -0.15) is 0 Å². The summed E-state index contributed by atoms with van der Waals surface area (Å²) in [5, 5.41) is 0. The first kappa shape index (κ1) is 73.2. The summed E-state index contributed by atoms with van der Waals surface area (Å²) in [5.74, 6) is -0.847. The van der Waals surface area contributed by atoms with Crippen LogP contribution in [0.1, 0.15) is 393 Å². The average molecular weight is 1060 g/mol. The van der Waals surface area contributed by atoms with Crippen LogP contribution in [0.2, 0.25) is 0 Å². The van der Waals surface area contributed by atoms with Crippen molar-refractivity contribution in [3.05, 3.63) is 12.2 Å². The number of carbonyl (C=O) groups excluding carboxylic acids is 3. The Labute approximate surface area is 469 Å². The monoisotopic (exact) mass is 1060 g/mol. The Kier molecular flexibility index (Phi) is 63.1. The van der Waals surface area contributed by atoms with Gasteiger partial charge in [-0.05, 0) is 44.9 Å². The Hall–Kier alpha value is -1.85. The van der Waals surface area contributed by atoms with E-state index in [-0.39, 0.29) is 31.1 Å². The zero-order valence-corrected chi connectivity index (χ0v) is 51.1. The summed E-state index contributed by atoms with van der Waals surface area (Å²) >= 11 is 0. The van der Waals surface area contributed by atoms with E-state index in [0.717, 1.165) is 57.8 Å². The summed E-state index contributed by atoms with van der Waals surface area (Å²) in [5.41, 5.74) is 0. The Morgan fingerprint density at radius 2 is 0.440 bits per heavy atom. The average Bonchev–Trinajstić information content (AvgIpc) is 3.41. The number of allylic oxidation sites excluding steroid dienone is 2. The molecule has 0 aromatic heterocycles. The van der Waals surface area contributed by atoms with Gasteiger partial charge in [0.25, 0.3) is 0 Å². The zero-order chi connectivity index (χ0) is 54.3. The summed E-state index contributed by atoms with van der Waals surface area (Å²) in [6.45, 7) is 6.67. The topological polar surface area (TPSA) is 78.9 Å². The molecule has 0 spiro atoms. The van der Waals surface area contributed by atoms with E-state index < -0.39 is 6.10 Å². The van der Waals surface area contributed by atoms with Gasteiger partial charge in [-0.1, -0.05) is 341 Å². The normalized spacial score (nSPS) is 12.0. The van der Waals surface area contributed by atoms with Gasteiger partial charge in [0.1, 0.15) is 13.2 Å². The molecule has 0 aromatic rings. The van der Waals surface area contributed by atoms with Crippen LogP contribution in [0.15, 0.2) is 12.2 Å². The molecular weight excluding hydrogens is 925 g/mol. The van der Waals surface area contributed by atoms with Gasteiger partial charge < -0.3 is 14.2 Å². The van der Waals surface area contributed by atoms with Crippen LogP contribution in [0.25, 0.3) is 0 Å². The number of hydrogen-bond donors (Lipinski definition) is 0. The fourth-order valence-electron chi connectivity index (χ4n) is 10.6. The molecule has 0 aliphatic rings. The van der Waals surface area contributed by atoms with Gasteiger partial charge in [-0.15, -0.1) is 0 Å². The molecule has 444 valence electrons.